The highest BCUT2D eigenvalue weighted by atomic mass is 16.5. The summed E-state index contributed by atoms with van der Waals surface area (Å²) in [5.41, 5.74) is 2.80. The van der Waals surface area contributed by atoms with Gasteiger partial charge >= 0.3 is 0 Å². The quantitative estimate of drug-likeness (QED) is 0.875. The number of anilines is 3. The number of carbonyl (C=O) groups is 1. The molecule has 22 heavy (non-hydrogen) atoms. The molecule has 1 aliphatic carbocycles. The molecule has 2 aromatic carbocycles. The molecule has 0 saturated heterocycles. The van der Waals surface area contributed by atoms with E-state index in [-0.39, 0.29) is 11.8 Å². The Bertz CT molecular complexity index is 650. The summed E-state index contributed by atoms with van der Waals surface area (Å²) < 4.78 is 5.14. The highest BCUT2D eigenvalue weighted by molar-refractivity contribution is 5.94. The van der Waals surface area contributed by atoms with Crippen LogP contribution in [0.2, 0.25) is 0 Å². The highest BCUT2D eigenvalue weighted by Crippen LogP contribution is 2.38. The topological polar surface area (TPSA) is 50.4 Å². The number of hydrogen-bond acceptors (Lipinski definition) is 3. The van der Waals surface area contributed by atoms with Crippen LogP contribution >= 0.6 is 0 Å². The molecule has 2 aromatic rings. The van der Waals surface area contributed by atoms with Crippen molar-refractivity contribution >= 4 is 23.0 Å². The molecule has 1 aliphatic rings. The lowest BCUT2D eigenvalue weighted by atomic mass is 10.2. The lowest BCUT2D eigenvalue weighted by Crippen LogP contribution is -2.14. The van der Waals surface area contributed by atoms with Crippen LogP contribution in [0.25, 0.3) is 0 Å². The Morgan fingerprint density at radius 1 is 1.00 bits per heavy atom. The zero-order chi connectivity index (χ0) is 15.5. The van der Waals surface area contributed by atoms with Gasteiger partial charge in [-0.1, -0.05) is 6.92 Å². The van der Waals surface area contributed by atoms with Crippen molar-refractivity contribution in [3.63, 3.8) is 0 Å². The Kier molecular flexibility index (Phi) is 4.00. The first-order valence-corrected chi connectivity index (χ1v) is 7.48. The number of carbonyl (C=O) groups excluding carboxylic acids is 1. The molecule has 0 bridgehead atoms. The van der Waals surface area contributed by atoms with E-state index in [4.69, 9.17) is 4.74 Å². The minimum atomic E-state index is 0.128. The maximum absolute atomic E-state index is 11.9. The normalized spacial score (nSPS) is 19.4. The minimum Gasteiger partial charge on any atom is -0.497 e. The van der Waals surface area contributed by atoms with Gasteiger partial charge in [0.15, 0.2) is 0 Å². The second kappa shape index (κ2) is 6.10. The van der Waals surface area contributed by atoms with Gasteiger partial charge in [-0.25, -0.2) is 0 Å². The van der Waals surface area contributed by atoms with Crippen molar-refractivity contribution in [2.75, 3.05) is 17.7 Å². The summed E-state index contributed by atoms with van der Waals surface area (Å²) in [5, 5.41) is 6.27. The fourth-order valence-corrected chi connectivity index (χ4v) is 2.40. The molecule has 114 valence electrons. The van der Waals surface area contributed by atoms with Crippen LogP contribution in [0.5, 0.6) is 5.75 Å². The average molecular weight is 296 g/mol. The van der Waals surface area contributed by atoms with Gasteiger partial charge in [0.2, 0.25) is 5.91 Å². The van der Waals surface area contributed by atoms with Crippen molar-refractivity contribution in [3.8, 4) is 5.75 Å². The standard InChI is InChI=1S/C18H20N2O2/c1-12-11-17(12)18(21)20-15-5-3-13(4-6-15)19-14-7-9-16(22-2)10-8-14/h3-10,12,17,19H,11H2,1-2H3,(H,20,21)/t12-,17+/m0/s1. The van der Waals surface area contributed by atoms with Crippen molar-refractivity contribution in [2.45, 2.75) is 13.3 Å². The maximum atomic E-state index is 11.9. The van der Waals surface area contributed by atoms with Gasteiger partial charge < -0.3 is 15.4 Å². The van der Waals surface area contributed by atoms with Gasteiger partial charge in [0, 0.05) is 23.0 Å². The first-order chi connectivity index (χ1) is 10.7. The molecule has 1 saturated carbocycles. The molecule has 0 aliphatic heterocycles. The van der Waals surface area contributed by atoms with Crippen LogP contribution in [0.4, 0.5) is 17.1 Å². The molecular weight excluding hydrogens is 276 g/mol. The summed E-state index contributed by atoms with van der Waals surface area (Å²) in [6.45, 7) is 2.10. The van der Waals surface area contributed by atoms with E-state index in [0.717, 1.165) is 29.2 Å². The predicted molar refractivity (Wildman–Crippen MR) is 88.6 cm³/mol. The van der Waals surface area contributed by atoms with E-state index < -0.39 is 0 Å². The summed E-state index contributed by atoms with van der Waals surface area (Å²) in [4.78, 5) is 11.9. The van der Waals surface area contributed by atoms with Crippen LogP contribution in [0.1, 0.15) is 13.3 Å². The zero-order valence-electron chi connectivity index (χ0n) is 12.8. The third kappa shape index (κ3) is 3.39. The van der Waals surface area contributed by atoms with Crippen molar-refractivity contribution < 1.29 is 9.53 Å². The Morgan fingerprint density at radius 3 is 2.00 bits per heavy atom. The van der Waals surface area contributed by atoms with Gasteiger partial charge in [-0.2, -0.15) is 0 Å². The van der Waals surface area contributed by atoms with Crippen LogP contribution in [0.3, 0.4) is 0 Å². The second-order valence-corrected chi connectivity index (χ2v) is 5.74. The monoisotopic (exact) mass is 296 g/mol. The molecule has 4 nitrogen and oxygen atoms in total. The summed E-state index contributed by atoms with van der Waals surface area (Å²) in [6.07, 6.45) is 1.00. The van der Waals surface area contributed by atoms with Crippen LogP contribution in [-0.4, -0.2) is 13.0 Å². The van der Waals surface area contributed by atoms with E-state index in [9.17, 15) is 4.79 Å². The Labute approximate surface area is 130 Å². The predicted octanol–water partition coefficient (Wildman–Crippen LogP) is 4.03. The number of methoxy groups -OCH3 is 1. The molecule has 1 fully saturated rings. The lowest BCUT2D eigenvalue weighted by molar-refractivity contribution is -0.117. The first-order valence-electron chi connectivity index (χ1n) is 7.48. The Morgan fingerprint density at radius 2 is 1.50 bits per heavy atom. The number of hydrogen-bond donors (Lipinski definition) is 2. The smallest absolute Gasteiger partial charge is 0.227 e. The van der Waals surface area contributed by atoms with Gasteiger partial charge in [-0.15, -0.1) is 0 Å². The van der Waals surface area contributed by atoms with E-state index >= 15 is 0 Å². The van der Waals surface area contributed by atoms with E-state index in [1.807, 2.05) is 48.5 Å². The molecule has 3 rings (SSSR count). The van der Waals surface area contributed by atoms with Crippen molar-refractivity contribution in [2.24, 2.45) is 11.8 Å². The zero-order valence-corrected chi connectivity index (χ0v) is 12.8. The average Bonchev–Trinajstić information content (AvgIpc) is 3.27. The number of rotatable bonds is 5. The van der Waals surface area contributed by atoms with Crippen LogP contribution in [-0.2, 0) is 4.79 Å². The molecule has 2 atom stereocenters. The molecular formula is C18H20N2O2. The molecule has 0 radical (unpaired) electrons. The second-order valence-electron chi connectivity index (χ2n) is 5.74. The number of benzene rings is 2. The third-order valence-corrected chi connectivity index (χ3v) is 3.98. The van der Waals surface area contributed by atoms with Crippen LogP contribution < -0.4 is 15.4 Å². The van der Waals surface area contributed by atoms with E-state index in [2.05, 4.69) is 17.6 Å². The van der Waals surface area contributed by atoms with Crippen molar-refractivity contribution in [1.82, 2.24) is 0 Å². The van der Waals surface area contributed by atoms with E-state index in [1.54, 1.807) is 7.11 Å². The molecule has 0 aromatic heterocycles. The molecule has 1 amide bonds. The fraction of sp³-hybridized carbons (Fsp3) is 0.278. The van der Waals surface area contributed by atoms with Crippen molar-refractivity contribution in [3.05, 3.63) is 48.5 Å². The summed E-state index contributed by atoms with van der Waals surface area (Å²) in [7, 11) is 1.65. The molecule has 0 unspecified atom stereocenters. The number of ether oxygens (including phenoxy) is 1. The Balaban J connectivity index is 1.59. The van der Waals surface area contributed by atoms with Crippen molar-refractivity contribution in [1.29, 1.82) is 0 Å². The molecule has 4 heteroatoms. The summed E-state index contributed by atoms with van der Waals surface area (Å²) in [6, 6.07) is 15.5. The van der Waals surface area contributed by atoms with Gasteiger partial charge in [0.25, 0.3) is 0 Å². The van der Waals surface area contributed by atoms with Gasteiger partial charge in [-0.05, 0) is 60.9 Å². The summed E-state index contributed by atoms with van der Waals surface area (Å²) in [5.74, 6) is 1.68. The third-order valence-electron chi connectivity index (χ3n) is 3.98. The molecule has 0 heterocycles. The SMILES string of the molecule is COc1ccc(Nc2ccc(NC(=O)[C@@H]3C[C@@H]3C)cc2)cc1. The Hall–Kier alpha value is -2.49. The molecule has 2 N–H and O–H groups in total. The van der Waals surface area contributed by atoms with Gasteiger partial charge in [0.05, 0.1) is 7.11 Å². The first kappa shape index (κ1) is 14.4. The minimum absolute atomic E-state index is 0.128. The lowest BCUT2D eigenvalue weighted by Gasteiger charge is -2.09. The fourth-order valence-electron chi connectivity index (χ4n) is 2.40. The van der Waals surface area contributed by atoms with Crippen LogP contribution in [0.15, 0.2) is 48.5 Å². The van der Waals surface area contributed by atoms with Gasteiger partial charge in [-0.3, -0.25) is 4.79 Å². The number of nitrogens with one attached hydrogen (secondary N) is 2. The number of amides is 1. The largest absolute Gasteiger partial charge is 0.497 e. The maximum Gasteiger partial charge on any atom is 0.227 e. The van der Waals surface area contributed by atoms with Gasteiger partial charge in [0.1, 0.15) is 5.75 Å². The molecule has 0 spiro atoms. The van der Waals surface area contributed by atoms with E-state index in [1.165, 1.54) is 0 Å². The van der Waals surface area contributed by atoms with E-state index in [0.29, 0.717) is 5.92 Å². The summed E-state index contributed by atoms with van der Waals surface area (Å²) >= 11 is 0. The highest BCUT2D eigenvalue weighted by Gasteiger charge is 2.38. The van der Waals surface area contributed by atoms with Crippen LogP contribution in [0, 0.1) is 11.8 Å².